The molecule has 0 aromatic heterocycles. The quantitative estimate of drug-likeness (QED) is 0.479. The van der Waals surface area contributed by atoms with Crippen molar-refractivity contribution in [2.45, 2.75) is 74.0 Å². The molecule has 3 heterocycles. The largest absolute Gasteiger partial charge is 0.0623 e. The van der Waals surface area contributed by atoms with E-state index in [1.54, 1.807) is 46.4 Å². The molecule has 3 aliphatic heterocycles. The van der Waals surface area contributed by atoms with Crippen LogP contribution in [0.3, 0.4) is 0 Å². The first-order valence-electron chi connectivity index (χ1n) is 10.9. The third-order valence-corrected chi connectivity index (χ3v) is 17.9. The fourth-order valence-corrected chi connectivity index (χ4v) is 17.0. The Bertz CT molecular complexity index is 668. The number of fused-ring (bicyclic) bond motifs is 4. The topological polar surface area (TPSA) is 0 Å². The second-order valence-corrected chi connectivity index (χ2v) is 19.2. The van der Waals surface area contributed by atoms with Crippen molar-refractivity contribution in [3.8, 4) is 0 Å². The van der Waals surface area contributed by atoms with Gasteiger partial charge in [0.2, 0.25) is 0 Å². The van der Waals surface area contributed by atoms with E-state index in [1.807, 2.05) is 0 Å². The minimum atomic E-state index is -1.18. The van der Waals surface area contributed by atoms with Crippen LogP contribution in [-0.4, -0.2) is 16.1 Å². The van der Waals surface area contributed by atoms with Crippen LogP contribution in [-0.2, 0) is 24.2 Å². The number of hydrogen-bond donors (Lipinski definition) is 0. The molecule has 0 N–H and O–H groups in total. The van der Waals surface area contributed by atoms with Crippen LogP contribution < -0.4 is 0 Å². The average molecular weight is 377 g/mol. The summed E-state index contributed by atoms with van der Waals surface area (Å²) in [6.45, 7) is 0. The van der Waals surface area contributed by atoms with Crippen molar-refractivity contribution in [1.29, 1.82) is 0 Å². The summed E-state index contributed by atoms with van der Waals surface area (Å²) in [7, 11) is -2.35. The molecule has 0 nitrogen and oxygen atoms in total. The summed E-state index contributed by atoms with van der Waals surface area (Å²) in [6.07, 6.45) is 5.95. The van der Waals surface area contributed by atoms with Crippen LogP contribution in [0, 0.1) is 0 Å². The molecule has 2 aromatic carbocycles. The van der Waals surface area contributed by atoms with E-state index in [4.69, 9.17) is 0 Å². The Balaban J connectivity index is 1.58. The van der Waals surface area contributed by atoms with Gasteiger partial charge in [0.1, 0.15) is 0 Å². The molecule has 0 saturated carbocycles. The fraction of sp³-hybridized carbons (Fsp3) is 0.500. The van der Waals surface area contributed by atoms with E-state index in [-0.39, 0.29) is 0 Å². The summed E-state index contributed by atoms with van der Waals surface area (Å²) >= 11 is 0. The summed E-state index contributed by atoms with van der Waals surface area (Å²) in [4.78, 5) is 0. The van der Waals surface area contributed by atoms with Gasteiger partial charge in [0.05, 0.1) is 16.1 Å². The number of benzene rings is 2. The molecular formula is C24H32Si2. The maximum atomic E-state index is 2.64. The average Bonchev–Trinajstić information content (AvgIpc) is 3.25. The molecule has 136 valence electrons. The van der Waals surface area contributed by atoms with Crippen molar-refractivity contribution in [1.82, 2.24) is 0 Å². The normalized spacial score (nSPS) is 23.7. The summed E-state index contributed by atoms with van der Waals surface area (Å²) in [5.74, 6) is 0. The van der Waals surface area contributed by atoms with Gasteiger partial charge >= 0.3 is 0 Å². The number of rotatable bonds is 0. The van der Waals surface area contributed by atoms with E-state index < -0.39 is 16.1 Å². The van der Waals surface area contributed by atoms with Gasteiger partial charge in [-0.1, -0.05) is 121 Å². The molecule has 26 heavy (non-hydrogen) atoms. The Morgan fingerprint density at radius 1 is 0.462 bits per heavy atom. The molecule has 3 aliphatic rings. The van der Waals surface area contributed by atoms with Gasteiger partial charge < -0.3 is 0 Å². The van der Waals surface area contributed by atoms with Gasteiger partial charge in [-0.3, -0.25) is 0 Å². The van der Waals surface area contributed by atoms with Gasteiger partial charge in [-0.15, -0.1) is 0 Å². The molecule has 2 spiro atoms. The highest BCUT2D eigenvalue weighted by Crippen LogP contribution is 2.39. The van der Waals surface area contributed by atoms with Crippen LogP contribution in [0.4, 0.5) is 0 Å². The highest BCUT2D eigenvalue weighted by molar-refractivity contribution is 6.80. The lowest BCUT2D eigenvalue weighted by Crippen LogP contribution is -2.39. The Labute approximate surface area is 161 Å². The van der Waals surface area contributed by atoms with Crippen molar-refractivity contribution in [2.24, 2.45) is 0 Å². The summed E-state index contributed by atoms with van der Waals surface area (Å²) in [5, 5.41) is 0. The van der Waals surface area contributed by atoms with Crippen LogP contribution in [0.2, 0.25) is 24.2 Å². The van der Waals surface area contributed by atoms with Gasteiger partial charge in [-0.05, 0) is 24.2 Å². The molecule has 2 saturated heterocycles. The summed E-state index contributed by atoms with van der Waals surface area (Å²) in [6, 6.07) is 31.8. The molecule has 0 unspecified atom stereocenters. The predicted molar refractivity (Wildman–Crippen MR) is 117 cm³/mol. The molecule has 2 aromatic rings. The van der Waals surface area contributed by atoms with Crippen molar-refractivity contribution < 1.29 is 0 Å². The van der Waals surface area contributed by atoms with Crippen LogP contribution in [0.15, 0.2) is 48.5 Å². The summed E-state index contributed by atoms with van der Waals surface area (Å²) in [5.41, 5.74) is 6.70. The zero-order chi connectivity index (χ0) is 17.5. The van der Waals surface area contributed by atoms with Crippen LogP contribution in [0.1, 0.15) is 47.9 Å². The first-order valence-corrected chi connectivity index (χ1v) is 16.5. The maximum absolute atomic E-state index is 2.64. The van der Waals surface area contributed by atoms with E-state index in [1.165, 1.54) is 49.9 Å². The molecule has 0 radical (unpaired) electrons. The highest BCUT2D eigenvalue weighted by atomic mass is 28.3. The lowest BCUT2D eigenvalue weighted by atomic mass is 10.1. The Morgan fingerprint density at radius 2 is 0.769 bits per heavy atom. The van der Waals surface area contributed by atoms with Gasteiger partial charge in [-0.25, -0.2) is 0 Å². The third kappa shape index (κ3) is 3.38. The Hall–Kier alpha value is -1.13. The lowest BCUT2D eigenvalue weighted by Gasteiger charge is -2.31. The second-order valence-electron chi connectivity index (χ2n) is 9.76. The van der Waals surface area contributed by atoms with E-state index in [0.29, 0.717) is 0 Å². The maximum Gasteiger partial charge on any atom is 0.0623 e. The van der Waals surface area contributed by atoms with E-state index in [2.05, 4.69) is 48.5 Å². The van der Waals surface area contributed by atoms with Crippen LogP contribution in [0.5, 0.6) is 0 Å². The molecule has 0 atom stereocenters. The molecule has 0 aliphatic carbocycles. The van der Waals surface area contributed by atoms with E-state index in [0.717, 1.165) is 0 Å². The Kier molecular flexibility index (Phi) is 4.44. The highest BCUT2D eigenvalue weighted by Gasteiger charge is 2.39. The molecular weight excluding hydrogens is 344 g/mol. The SMILES string of the molecule is c1cc2cc(c1)C[Si]1(CCCC1)Cc1cccc(c1)C[Si]1(CCCC1)C2. The fourth-order valence-electron chi connectivity index (χ4n) is 6.51. The van der Waals surface area contributed by atoms with Gasteiger partial charge in [-0.2, -0.15) is 0 Å². The Morgan fingerprint density at radius 3 is 1.08 bits per heavy atom. The van der Waals surface area contributed by atoms with Crippen molar-refractivity contribution in [3.05, 3.63) is 70.8 Å². The molecule has 4 bridgehead atoms. The minimum absolute atomic E-state index is 1.18. The van der Waals surface area contributed by atoms with Crippen molar-refractivity contribution >= 4 is 16.1 Å². The zero-order valence-electron chi connectivity index (χ0n) is 16.1. The van der Waals surface area contributed by atoms with Gasteiger partial charge in [0.25, 0.3) is 0 Å². The first-order chi connectivity index (χ1) is 12.7. The predicted octanol–water partition coefficient (Wildman–Crippen LogP) is 6.21. The van der Waals surface area contributed by atoms with Gasteiger partial charge in [0.15, 0.2) is 0 Å². The smallest absolute Gasteiger partial charge is 0.0617 e. The van der Waals surface area contributed by atoms with Crippen molar-refractivity contribution in [3.63, 3.8) is 0 Å². The van der Waals surface area contributed by atoms with E-state index in [9.17, 15) is 0 Å². The molecule has 5 rings (SSSR count). The van der Waals surface area contributed by atoms with Gasteiger partial charge in [0, 0.05) is 0 Å². The van der Waals surface area contributed by atoms with E-state index >= 15 is 0 Å². The molecule has 2 fully saturated rings. The van der Waals surface area contributed by atoms with Crippen LogP contribution in [0.25, 0.3) is 0 Å². The zero-order valence-corrected chi connectivity index (χ0v) is 18.1. The van der Waals surface area contributed by atoms with Crippen LogP contribution >= 0.6 is 0 Å². The first kappa shape index (κ1) is 17.0. The molecule has 0 amide bonds. The number of hydrogen-bond acceptors (Lipinski definition) is 0. The monoisotopic (exact) mass is 376 g/mol. The standard InChI is InChI=1S/C24H32Si2/c1-2-12-25(11-1)17-21-7-5-9-23(15-21)19-26(13-3-4-14-26)20-24-10-6-8-22(16-24)18-25/h5-10,15-16H,1-4,11-14,17-20H2. The molecule has 2 heteroatoms. The summed E-state index contributed by atoms with van der Waals surface area (Å²) < 4.78 is 0. The third-order valence-electron chi connectivity index (χ3n) is 7.63. The lowest BCUT2D eigenvalue weighted by molar-refractivity contribution is 0.935. The van der Waals surface area contributed by atoms with Crippen molar-refractivity contribution in [2.75, 3.05) is 0 Å². The minimum Gasteiger partial charge on any atom is -0.0617 e. The second kappa shape index (κ2) is 6.80.